The van der Waals surface area contributed by atoms with Crippen molar-refractivity contribution in [1.82, 2.24) is 0 Å². The molecule has 1 aliphatic rings. The molecule has 64 valence electrons. The Balaban J connectivity index is 2.62. The van der Waals surface area contributed by atoms with Crippen LogP contribution in [0, 0.1) is 0 Å². The summed E-state index contributed by atoms with van der Waals surface area (Å²) in [6.45, 7) is 1.64. The van der Waals surface area contributed by atoms with E-state index in [0.29, 0.717) is 0 Å². The van der Waals surface area contributed by atoms with Gasteiger partial charge in [0.2, 0.25) is 0 Å². The van der Waals surface area contributed by atoms with Crippen molar-refractivity contribution in [1.29, 1.82) is 0 Å². The van der Waals surface area contributed by atoms with Crippen LogP contribution in [0.5, 0.6) is 0 Å². The SMILES string of the molecule is C[C@H]1OCC(C(F)F)N=C1N. The highest BCUT2D eigenvalue weighted by Crippen LogP contribution is 2.12. The van der Waals surface area contributed by atoms with Crippen molar-refractivity contribution in [3.63, 3.8) is 0 Å². The van der Waals surface area contributed by atoms with Gasteiger partial charge < -0.3 is 10.5 Å². The molecule has 0 aromatic rings. The van der Waals surface area contributed by atoms with Gasteiger partial charge in [-0.15, -0.1) is 0 Å². The second-order valence-electron chi connectivity index (χ2n) is 2.43. The molecule has 1 heterocycles. The number of nitrogens with two attached hydrogens (primary N) is 1. The van der Waals surface area contributed by atoms with E-state index in [1.165, 1.54) is 0 Å². The first-order chi connectivity index (χ1) is 5.11. The Morgan fingerprint density at radius 1 is 1.73 bits per heavy atom. The standard InChI is InChI=1S/C6H10F2N2O/c1-3-6(9)10-4(2-11-3)5(7)8/h3-5H,2H2,1H3,(H2,9,10)/t3-,4?/m1/s1. The van der Waals surface area contributed by atoms with Crippen LogP contribution in [0.25, 0.3) is 0 Å². The van der Waals surface area contributed by atoms with Crippen molar-refractivity contribution in [2.75, 3.05) is 6.61 Å². The zero-order valence-corrected chi connectivity index (χ0v) is 6.13. The molecular weight excluding hydrogens is 154 g/mol. The monoisotopic (exact) mass is 164 g/mol. The van der Waals surface area contributed by atoms with Gasteiger partial charge in [-0.2, -0.15) is 0 Å². The van der Waals surface area contributed by atoms with E-state index in [-0.39, 0.29) is 18.5 Å². The number of alkyl halides is 2. The minimum absolute atomic E-state index is 0.0421. The predicted octanol–water partition coefficient (Wildman–Crippen LogP) is 0.396. The van der Waals surface area contributed by atoms with Crippen LogP contribution in [-0.2, 0) is 4.74 Å². The van der Waals surface area contributed by atoms with Crippen molar-refractivity contribution in [2.45, 2.75) is 25.5 Å². The summed E-state index contributed by atoms with van der Waals surface area (Å²) in [5.74, 6) is 0.154. The molecule has 11 heavy (non-hydrogen) atoms. The van der Waals surface area contributed by atoms with Crippen molar-refractivity contribution < 1.29 is 13.5 Å². The topological polar surface area (TPSA) is 47.6 Å². The van der Waals surface area contributed by atoms with E-state index in [1.54, 1.807) is 6.92 Å². The minimum Gasteiger partial charge on any atom is -0.385 e. The van der Waals surface area contributed by atoms with Crippen LogP contribution in [0.3, 0.4) is 0 Å². The molecule has 0 aromatic heterocycles. The van der Waals surface area contributed by atoms with Gasteiger partial charge in [0.1, 0.15) is 18.0 Å². The number of hydrogen-bond acceptors (Lipinski definition) is 3. The smallest absolute Gasteiger partial charge is 0.262 e. The van der Waals surface area contributed by atoms with Gasteiger partial charge in [-0.3, -0.25) is 4.99 Å². The molecule has 0 amide bonds. The van der Waals surface area contributed by atoms with E-state index in [2.05, 4.69) is 4.99 Å². The molecule has 2 atom stereocenters. The van der Waals surface area contributed by atoms with E-state index in [4.69, 9.17) is 10.5 Å². The number of hydrogen-bond donors (Lipinski definition) is 1. The maximum Gasteiger partial charge on any atom is 0.262 e. The van der Waals surface area contributed by atoms with E-state index in [1.807, 2.05) is 0 Å². The summed E-state index contributed by atoms with van der Waals surface area (Å²) in [6.07, 6.45) is -2.81. The number of ether oxygens (including phenoxy) is 1. The third-order valence-corrected chi connectivity index (χ3v) is 1.54. The van der Waals surface area contributed by atoms with Crippen molar-refractivity contribution in [3.8, 4) is 0 Å². The molecule has 0 aliphatic carbocycles. The van der Waals surface area contributed by atoms with Crippen LogP contribution in [0.2, 0.25) is 0 Å². The minimum atomic E-state index is -2.49. The molecule has 0 bridgehead atoms. The number of amidine groups is 1. The van der Waals surface area contributed by atoms with E-state index in [0.717, 1.165) is 0 Å². The van der Waals surface area contributed by atoms with Gasteiger partial charge in [-0.05, 0) is 6.92 Å². The van der Waals surface area contributed by atoms with E-state index >= 15 is 0 Å². The predicted molar refractivity (Wildman–Crippen MR) is 36.8 cm³/mol. The molecule has 0 saturated heterocycles. The van der Waals surface area contributed by atoms with Crippen molar-refractivity contribution in [3.05, 3.63) is 0 Å². The lowest BCUT2D eigenvalue weighted by molar-refractivity contribution is 0.0243. The Morgan fingerprint density at radius 3 is 2.82 bits per heavy atom. The second-order valence-corrected chi connectivity index (χ2v) is 2.43. The molecule has 1 rings (SSSR count). The fraction of sp³-hybridized carbons (Fsp3) is 0.833. The molecule has 0 aromatic carbocycles. The molecule has 0 spiro atoms. The van der Waals surface area contributed by atoms with Crippen molar-refractivity contribution >= 4 is 5.84 Å². The quantitative estimate of drug-likeness (QED) is 0.609. The summed E-state index contributed by atoms with van der Waals surface area (Å²) in [5, 5.41) is 0. The maximum atomic E-state index is 12.0. The third kappa shape index (κ3) is 1.86. The zero-order chi connectivity index (χ0) is 8.43. The molecule has 1 unspecified atom stereocenters. The molecular formula is C6H10F2N2O. The largest absolute Gasteiger partial charge is 0.385 e. The second kappa shape index (κ2) is 3.13. The van der Waals surface area contributed by atoms with Crippen LogP contribution in [0.4, 0.5) is 8.78 Å². The first-order valence-electron chi connectivity index (χ1n) is 3.34. The summed E-state index contributed by atoms with van der Waals surface area (Å²) in [4.78, 5) is 3.58. The Morgan fingerprint density at radius 2 is 2.36 bits per heavy atom. The summed E-state index contributed by atoms with van der Waals surface area (Å²) in [5.41, 5.74) is 5.30. The highest BCUT2D eigenvalue weighted by Gasteiger charge is 2.26. The Kier molecular flexibility index (Phi) is 2.38. The van der Waals surface area contributed by atoms with Gasteiger partial charge in [0, 0.05) is 0 Å². The third-order valence-electron chi connectivity index (χ3n) is 1.54. The van der Waals surface area contributed by atoms with Crippen molar-refractivity contribution in [2.24, 2.45) is 10.7 Å². The first kappa shape index (κ1) is 8.39. The molecule has 5 heteroatoms. The number of rotatable bonds is 1. The van der Waals surface area contributed by atoms with Gasteiger partial charge in [-0.25, -0.2) is 8.78 Å². The van der Waals surface area contributed by atoms with Crippen LogP contribution in [0.15, 0.2) is 4.99 Å². The average Bonchev–Trinajstić information content (AvgIpc) is 1.94. The first-order valence-corrected chi connectivity index (χ1v) is 3.34. The maximum absolute atomic E-state index is 12.0. The van der Waals surface area contributed by atoms with Crippen LogP contribution in [-0.4, -0.2) is 31.0 Å². The Hall–Kier alpha value is -0.710. The number of nitrogens with zero attached hydrogens (tertiary/aromatic N) is 1. The fourth-order valence-corrected chi connectivity index (χ4v) is 0.791. The lowest BCUT2D eigenvalue weighted by Gasteiger charge is -2.23. The van der Waals surface area contributed by atoms with E-state index in [9.17, 15) is 8.78 Å². The lowest BCUT2D eigenvalue weighted by Crippen LogP contribution is -2.40. The highest BCUT2D eigenvalue weighted by atomic mass is 19.3. The normalized spacial score (nSPS) is 32.2. The van der Waals surface area contributed by atoms with Crippen LogP contribution in [0.1, 0.15) is 6.92 Å². The fourth-order valence-electron chi connectivity index (χ4n) is 0.791. The molecule has 3 nitrogen and oxygen atoms in total. The summed E-state index contributed by atoms with van der Waals surface area (Å²) >= 11 is 0. The van der Waals surface area contributed by atoms with Crippen LogP contribution < -0.4 is 5.73 Å². The van der Waals surface area contributed by atoms with Gasteiger partial charge in [0.05, 0.1) is 6.61 Å². The van der Waals surface area contributed by atoms with Gasteiger partial charge in [0.15, 0.2) is 0 Å². The Bertz CT molecular complexity index is 172. The summed E-state index contributed by atoms with van der Waals surface area (Å²) in [7, 11) is 0. The highest BCUT2D eigenvalue weighted by molar-refractivity contribution is 5.85. The molecule has 0 saturated carbocycles. The molecule has 1 aliphatic heterocycles. The lowest BCUT2D eigenvalue weighted by atomic mass is 10.2. The van der Waals surface area contributed by atoms with E-state index < -0.39 is 12.5 Å². The number of aliphatic imine (C=N–C) groups is 1. The summed E-state index contributed by atoms with van der Waals surface area (Å²) in [6, 6.07) is -1.08. The average molecular weight is 164 g/mol. The number of halogens is 2. The Labute approximate surface area is 63.2 Å². The van der Waals surface area contributed by atoms with Crippen LogP contribution >= 0.6 is 0 Å². The zero-order valence-electron chi connectivity index (χ0n) is 6.13. The molecule has 0 radical (unpaired) electrons. The summed E-state index contributed by atoms with van der Waals surface area (Å²) < 4.78 is 28.9. The van der Waals surface area contributed by atoms with Gasteiger partial charge in [0.25, 0.3) is 6.43 Å². The molecule has 0 fully saturated rings. The van der Waals surface area contributed by atoms with Gasteiger partial charge in [-0.1, -0.05) is 0 Å². The van der Waals surface area contributed by atoms with Gasteiger partial charge >= 0.3 is 0 Å². The molecule has 2 N–H and O–H groups in total.